The summed E-state index contributed by atoms with van der Waals surface area (Å²) in [4.78, 5) is 0. The predicted molar refractivity (Wildman–Crippen MR) is 86.2 cm³/mol. The lowest BCUT2D eigenvalue weighted by molar-refractivity contribution is 0.456. The highest BCUT2D eigenvalue weighted by Crippen LogP contribution is 2.30. The molecule has 0 atom stereocenters. The smallest absolute Gasteiger partial charge is 0.241 e. The standard InChI is InChI=1S/C13H15Cl2N3O3S/c1-3-11-12(7-16-22(2,19)20)17-18-13(11)21-10-5-8(14)4-9(15)6-10/h4-6,16H,3,7H2,1-2H3,(H,17,18). The van der Waals surface area contributed by atoms with Crippen molar-refractivity contribution in [2.24, 2.45) is 0 Å². The minimum Gasteiger partial charge on any atom is -0.437 e. The van der Waals surface area contributed by atoms with Gasteiger partial charge in [-0.3, -0.25) is 5.10 Å². The van der Waals surface area contributed by atoms with Crippen molar-refractivity contribution < 1.29 is 13.2 Å². The summed E-state index contributed by atoms with van der Waals surface area (Å²) >= 11 is 11.9. The minimum absolute atomic E-state index is 0.120. The van der Waals surface area contributed by atoms with Gasteiger partial charge in [0.2, 0.25) is 15.9 Å². The highest BCUT2D eigenvalue weighted by Gasteiger charge is 2.15. The van der Waals surface area contributed by atoms with E-state index in [-0.39, 0.29) is 6.54 Å². The number of nitrogens with one attached hydrogen (secondary N) is 2. The number of H-pyrrole nitrogens is 1. The van der Waals surface area contributed by atoms with Crippen LogP contribution in [0.3, 0.4) is 0 Å². The second-order valence-electron chi connectivity index (χ2n) is 4.64. The van der Waals surface area contributed by atoms with E-state index in [9.17, 15) is 8.42 Å². The molecule has 2 rings (SSSR count). The summed E-state index contributed by atoms with van der Waals surface area (Å²) < 4.78 is 30.4. The maximum Gasteiger partial charge on any atom is 0.241 e. The molecule has 0 spiro atoms. The van der Waals surface area contributed by atoms with Gasteiger partial charge >= 0.3 is 0 Å². The van der Waals surface area contributed by atoms with Crippen molar-refractivity contribution in [2.45, 2.75) is 19.9 Å². The fraction of sp³-hybridized carbons (Fsp3) is 0.308. The molecule has 6 nitrogen and oxygen atoms in total. The molecular formula is C13H15Cl2N3O3S. The Kier molecular flexibility index (Phi) is 5.33. The van der Waals surface area contributed by atoms with Crippen molar-refractivity contribution in [1.82, 2.24) is 14.9 Å². The van der Waals surface area contributed by atoms with Gasteiger partial charge in [0.05, 0.1) is 18.5 Å². The average molecular weight is 364 g/mol. The zero-order valence-corrected chi connectivity index (χ0v) is 14.3. The van der Waals surface area contributed by atoms with Crippen LogP contribution < -0.4 is 9.46 Å². The zero-order chi connectivity index (χ0) is 16.3. The SMILES string of the molecule is CCc1c(Oc2cc(Cl)cc(Cl)c2)n[nH]c1CNS(C)(=O)=O. The van der Waals surface area contributed by atoms with Gasteiger partial charge in [-0.05, 0) is 24.6 Å². The molecule has 9 heteroatoms. The summed E-state index contributed by atoms with van der Waals surface area (Å²) in [6.45, 7) is 2.04. The number of benzene rings is 1. The maximum atomic E-state index is 11.2. The topological polar surface area (TPSA) is 84.1 Å². The van der Waals surface area contributed by atoms with Gasteiger partial charge < -0.3 is 4.74 Å². The van der Waals surface area contributed by atoms with Crippen LogP contribution in [0.15, 0.2) is 18.2 Å². The van der Waals surface area contributed by atoms with Crippen LogP contribution in [0.5, 0.6) is 11.6 Å². The third kappa shape index (κ3) is 4.61. The normalized spacial score (nSPS) is 11.6. The van der Waals surface area contributed by atoms with E-state index in [1.54, 1.807) is 18.2 Å². The van der Waals surface area contributed by atoms with E-state index in [4.69, 9.17) is 27.9 Å². The van der Waals surface area contributed by atoms with Gasteiger partial charge in [0, 0.05) is 15.6 Å². The van der Waals surface area contributed by atoms with E-state index in [1.165, 1.54) is 0 Å². The molecular weight excluding hydrogens is 349 g/mol. The lowest BCUT2D eigenvalue weighted by Gasteiger charge is -2.07. The summed E-state index contributed by atoms with van der Waals surface area (Å²) in [7, 11) is -3.28. The van der Waals surface area contributed by atoms with E-state index in [2.05, 4.69) is 14.9 Å². The molecule has 0 saturated heterocycles. The Hall–Kier alpha value is -1.28. The second-order valence-corrected chi connectivity index (χ2v) is 7.35. The van der Waals surface area contributed by atoms with Crippen molar-refractivity contribution in [3.05, 3.63) is 39.5 Å². The fourth-order valence-electron chi connectivity index (χ4n) is 1.88. The third-order valence-electron chi connectivity index (χ3n) is 2.83. The van der Waals surface area contributed by atoms with Crippen LogP contribution in [0, 0.1) is 0 Å². The van der Waals surface area contributed by atoms with E-state index in [0.29, 0.717) is 33.8 Å². The molecule has 0 fully saturated rings. The van der Waals surface area contributed by atoms with Crippen LogP contribution >= 0.6 is 23.2 Å². The number of halogens is 2. The van der Waals surface area contributed by atoms with Crippen molar-refractivity contribution >= 4 is 33.2 Å². The van der Waals surface area contributed by atoms with Gasteiger partial charge in [-0.1, -0.05) is 30.1 Å². The third-order valence-corrected chi connectivity index (χ3v) is 3.94. The highest BCUT2D eigenvalue weighted by molar-refractivity contribution is 7.88. The van der Waals surface area contributed by atoms with Gasteiger partial charge in [0.1, 0.15) is 5.75 Å². The second kappa shape index (κ2) is 6.87. The summed E-state index contributed by atoms with van der Waals surface area (Å²) in [5, 5.41) is 7.76. The van der Waals surface area contributed by atoms with Crippen LogP contribution in [0.2, 0.25) is 10.0 Å². The number of sulfonamides is 1. The maximum absolute atomic E-state index is 11.2. The van der Waals surface area contributed by atoms with Crippen molar-refractivity contribution in [1.29, 1.82) is 0 Å². The van der Waals surface area contributed by atoms with Crippen LogP contribution in [-0.4, -0.2) is 24.9 Å². The Balaban J connectivity index is 2.23. The Morgan fingerprint density at radius 2 is 1.91 bits per heavy atom. The van der Waals surface area contributed by atoms with Gasteiger partial charge in [-0.15, -0.1) is 5.10 Å². The van der Waals surface area contributed by atoms with Crippen molar-refractivity contribution in [3.8, 4) is 11.6 Å². The van der Waals surface area contributed by atoms with Crippen LogP contribution in [0.25, 0.3) is 0 Å². The number of hydrogen-bond donors (Lipinski definition) is 2. The first-order chi connectivity index (χ1) is 10.3. The number of ether oxygens (including phenoxy) is 1. The first kappa shape index (κ1) is 17.1. The molecule has 0 unspecified atom stereocenters. The van der Waals surface area contributed by atoms with E-state index < -0.39 is 10.0 Å². The zero-order valence-electron chi connectivity index (χ0n) is 12.0. The number of hydrogen-bond acceptors (Lipinski definition) is 4. The molecule has 0 radical (unpaired) electrons. The Morgan fingerprint density at radius 3 is 2.45 bits per heavy atom. The van der Waals surface area contributed by atoms with Crippen LogP contribution in [-0.2, 0) is 23.0 Å². The molecule has 0 saturated carbocycles. The number of aromatic nitrogens is 2. The van der Waals surface area contributed by atoms with Crippen molar-refractivity contribution in [2.75, 3.05) is 6.26 Å². The minimum atomic E-state index is -3.28. The Labute approximate surface area is 138 Å². The van der Waals surface area contributed by atoms with E-state index in [1.807, 2.05) is 6.92 Å². The summed E-state index contributed by atoms with van der Waals surface area (Å²) in [6.07, 6.45) is 1.72. The molecule has 0 bridgehead atoms. The number of rotatable bonds is 6. The molecule has 0 amide bonds. The summed E-state index contributed by atoms with van der Waals surface area (Å²) in [5.41, 5.74) is 1.43. The molecule has 1 aromatic carbocycles. The molecule has 1 heterocycles. The fourth-order valence-corrected chi connectivity index (χ4v) is 2.79. The molecule has 120 valence electrons. The Morgan fingerprint density at radius 1 is 1.27 bits per heavy atom. The largest absolute Gasteiger partial charge is 0.437 e. The van der Waals surface area contributed by atoms with Gasteiger partial charge in [0.25, 0.3) is 0 Å². The first-order valence-corrected chi connectivity index (χ1v) is 9.08. The molecule has 0 aliphatic heterocycles. The number of aromatic amines is 1. The van der Waals surface area contributed by atoms with E-state index >= 15 is 0 Å². The van der Waals surface area contributed by atoms with Crippen LogP contribution in [0.4, 0.5) is 0 Å². The lowest BCUT2D eigenvalue weighted by Crippen LogP contribution is -2.22. The molecule has 1 aromatic heterocycles. The van der Waals surface area contributed by atoms with Crippen molar-refractivity contribution in [3.63, 3.8) is 0 Å². The molecule has 0 aliphatic carbocycles. The Bertz CT molecular complexity index is 755. The van der Waals surface area contributed by atoms with Gasteiger partial charge in [-0.2, -0.15) is 0 Å². The summed E-state index contributed by atoms with van der Waals surface area (Å²) in [6, 6.07) is 4.84. The van der Waals surface area contributed by atoms with Crippen LogP contribution in [0.1, 0.15) is 18.2 Å². The summed E-state index contributed by atoms with van der Waals surface area (Å²) in [5.74, 6) is 0.826. The molecule has 2 N–H and O–H groups in total. The van der Waals surface area contributed by atoms with Gasteiger partial charge in [-0.25, -0.2) is 13.1 Å². The predicted octanol–water partition coefficient (Wildman–Crippen LogP) is 3.12. The first-order valence-electron chi connectivity index (χ1n) is 6.43. The monoisotopic (exact) mass is 363 g/mol. The van der Waals surface area contributed by atoms with E-state index in [0.717, 1.165) is 11.8 Å². The molecule has 2 aromatic rings. The quantitative estimate of drug-likeness (QED) is 0.825. The lowest BCUT2D eigenvalue weighted by atomic mass is 10.2. The van der Waals surface area contributed by atoms with Gasteiger partial charge in [0.15, 0.2) is 0 Å². The number of nitrogens with zero attached hydrogens (tertiary/aromatic N) is 1. The molecule has 22 heavy (non-hydrogen) atoms. The molecule has 0 aliphatic rings. The highest BCUT2D eigenvalue weighted by atomic mass is 35.5. The average Bonchev–Trinajstić information content (AvgIpc) is 2.76.